The minimum Gasteiger partial charge on any atom is -0.492 e. The summed E-state index contributed by atoms with van der Waals surface area (Å²) in [4.78, 5) is 24.7. The third-order valence-corrected chi connectivity index (χ3v) is 7.32. The number of carbonyl (C=O) groups excluding carboxylic acids is 2. The zero-order valence-corrected chi connectivity index (χ0v) is 23.8. The van der Waals surface area contributed by atoms with Crippen LogP contribution in [0.5, 0.6) is 17.2 Å². The molecule has 0 aliphatic carbocycles. The van der Waals surface area contributed by atoms with E-state index < -0.39 is 0 Å². The first kappa shape index (κ1) is 28.0. The van der Waals surface area contributed by atoms with Crippen LogP contribution in [0.15, 0.2) is 76.1 Å². The number of halogens is 2. The first-order valence-electron chi connectivity index (χ1n) is 11.4. The monoisotopic (exact) mass is 632 g/mol. The zero-order chi connectivity index (χ0) is 26.9. The summed E-state index contributed by atoms with van der Waals surface area (Å²) in [5.74, 6) is 1.14. The second-order valence-corrected chi connectivity index (χ2v) is 10.9. The SMILES string of the molecule is O=C(COc1ccc(Cl)cc1)NCCOc1ccc(C=C2SC(=S)NC2=O)c(OCc2ccccc2Br)c1. The van der Waals surface area contributed by atoms with E-state index in [4.69, 9.17) is 38.0 Å². The Balaban J connectivity index is 1.35. The Kier molecular flexibility index (Phi) is 10.1. The van der Waals surface area contributed by atoms with E-state index in [1.165, 1.54) is 11.8 Å². The Morgan fingerprint density at radius 3 is 2.55 bits per heavy atom. The van der Waals surface area contributed by atoms with Crippen molar-refractivity contribution in [2.75, 3.05) is 19.8 Å². The topological polar surface area (TPSA) is 85.9 Å². The lowest BCUT2D eigenvalue weighted by molar-refractivity contribution is -0.123. The Morgan fingerprint density at radius 1 is 1.05 bits per heavy atom. The normalized spacial score (nSPS) is 13.8. The molecule has 38 heavy (non-hydrogen) atoms. The fourth-order valence-electron chi connectivity index (χ4n) is 3.27. The zero-order valence-electron chi connectivity index (χ0n) is 19.9. The van der Waals surface area contributed by atoms with Gasteiger partial charge in [-0.25, -0.2) is 0 Å². The van der Waals surface area contributed by atoms with Crippen molar-refractivity contribution in [3.8, 4) is 17.2 Å². The molecule has 0 aromatic heterocycles. The van der Waals surface area contributed by atoms with Gasteiger partial charge in [0.1, 0.15) is 34.8 Å². The van der Waals surface area contributed by atoms with E-state index in [-0.39, 0.29) is 31.6 Å². The second-order valence-electron chi connectivity index (χ2n) is 7.87. The van der Waals surface area contributed by atoms with Gasteiger partial charge in [0.25, 0.3) is 11.8 Å². The van der Waals surface area contributed by atoms with Crippen LogP contribution in [0.2, 0.25) is 5.02 Å². The van der Waals surface area contributed by atoms with Crippen LogP contribution in [0.4, 0.5) is 0 Å². The van der Waals surface area contributed by atoms with Crippen molar-refractivity contribution in [2.45, 2.75) is 6.61 Å². The van der Waals surface area contributed by atoms with Crippen LogP contribution in [0.1, 0.15) is 11.1 Å². The van der Waals surface area contributed by atoms with E-state index in [0.717, 1.165) is 10.0 Å². The van der Waals surface area contributed by atoms with Crippen molar-refractivity contribution < 1.29 is 23.8 Å². The molecular weight excluding hydrogens is 612 g/mol. The van der Waals surface area contributed by atoms with Gasteiger partial charge in [0.05, 0.1) is 11.4 Å². The minimum absolute atomic E-state index is 0.118. The molecule has 0 spiro atoms. The van der Waals surface area contributed by atoms with Crippen molar-refractivity contribution in [2.24, 2.45) is 0 Å². The molecule has 0 radical (unpaired) electrons. The molecule has 1 fully saturated rings. The van der Waals surface area contributed by atoms with Gasteiger partial charge in [0, 0.05) is 26.7 Å². The molecule has 2 amide bonds. The van der Waals surface area contributed by atoms with Crippen molar-refractivity contribution in [1.82, 2.24) is 10.6 Å². The fraction of sp³-hybridized carbons (Fsp3) is 0.148. The van der Waals surface area contributed by atoms with Crippen molar-refractivity contribution in [3.63, 3.8) is 0 Å². The lowest BCUT2D eigenvalue weighted by Gasteiger charge is -2.14. The predicted octanol–water partition coefficient (Wildman–Crippen LogP) is 5.74. The van der Waals surface area contributed by atoms with Crippen LogP contribution in [-0.4, -0.2) is 35.9 Å². The number of hydrogen-bond acceptors (Lipinski definition) is 7. The Hall–Kier alpha value is -3.05. The van der Waals surface area contributed by atoms with Crippen LogP contribution in [-0.2, 0) is 16.2 Å². The third-order valence-electron chi connectivity index (χ3n) is 5.13. The van der Waals surface area contributed by atoms with Gasteiger partial charge in [-0.15, -0.1) is 0 Å². The van der Waals surface area contributed by atoms with Gasteiger partial charge in [-0.1, -0.05) is 69.7 Å². The average molecular weight is 634 g/mol. The molecule has 0 bridgehead atoms. The number of benzene rings is 3. The Labute approximate surface area is 243 Å². The summed E-state index contributed by atoms with van der Waals surface area (Å²) in [6.07, 6.45) is 1.74. The van der Waals surface area contributed by atoms with E-state index in [1.54, 1.807) is 42.5 Å². The lowest BCUT2D eigenvalue weighted by Crippen LogP contribution is -2.32. The van der Waals surface area contributed by atoms with Gasteiger partial charge in [-0.3, -0.25) is 9.59 Å². The first-order chi connectivity index (χ1) is 18.4. The number of nitrogens with one attached hydrogen (secondary N) is 2. The van der Waals surface area contributed by atoms with Gasteiger partial charge in [0.2, 0.25) is 0 Å². The van der Waals surface area contributed by atoms with Crippen molar-refractivity contribution in [1.29, 1.82) is 0 Å². The van der Waals surface area contributed by atoms with Crippen LogP contribution in [0.3, 0.4) is 0 Å². The van der Waals surface area contributed by atoms with Crippen molar-refractivity contribution in [3.05, 3.63) is 92.3 Å². The number of rotatable bonds is 11. The summed E-state index contributed by atoms with van der Waals surface area (Å²) >= 11 is 15.7. The van der Waals surface area contributed by atoms with E-state index in [0.29, 0.717) is 43.7 Å². The second kappa shape index (κ2) is 13.7. The van der Waals surface area contributed by atoms with E-state index in [2.05, 4.69) is 26.6 Å². The maximum Gasteiger partial charge on any atom is 0.263 e. The number of thiocarbonyl (C=S) groups is 1. The molecule has 7 nitrogen and oxygen atoms in total. The standard InChI is InChI=1S/C27H22BrClN2O5S2/c28-22-4-2-1-3-18(22)15-36-23-14-21(8-5-17(23)13-24-26(33)31-27(37)38-24)34-12-11-30-25(32)16-35-20-9-6-19(29)7-10-20/h1-10,13-14H,11-12,15-16H2,(H,30,32)(H,31,33,37). The quantitative estimate of drug-likeness (QED) is 0.158. The third kappa shape index (κ3) is 8.22. The Bertz CT molecular complexity index is 1370. The molecule has 0 unspecified atom stereocenters. The van der Waals surface area contributed by atoms with E-state index in [1.807, 2.05) is 30.3 Å². The number of thioether (sulfide) groups is 1. The number of hydrogen-bond donors (Lipinski definition) is 2. The highest BCUT2D eigenvalue weighted by Gasteiger charge is 2.22. The summed E-state index contributed by atoms with van der Waals surface area (Å²) in [6.45, 7) is 0.717. The molecule has 1 aliphatic heterocycles. The van der Waals surface area contributed by atoms with E-state index in [9.17, 15) is 9.59 Å². The van der Waals surface area contributed by atoms with Crippen molar-refractivity contribution >= 4 is 73.7 Å². The van der Waals surface area contributed by atoms with Crippen LogP contribution < -0.4 is 24.8 Å². The molecule has 3 aromatic carbocycles. The molecule has 0 saturated carbocycles. The number of ether oxygens (including phenoxy) is 3. The highest BCUT2D eigenvalue weighted by molar-refractivity contribution is 9.10. The molecular formula is C27H22BrClN2O5S2. The molecule has 2 N–H and O–H groups in total. The summed E-state index contributed by atoms with van der Waals surface area (Å²) < 4.78 is 18.7. The predicted molar refractivity (Wildman–Crippen MR) is 157 cm³/mol. The first-order valence-corrected chi connectivity index (χ1v) is 13.8. The molecule has 0 atom stereocenters. The fourth-order valence-corrected chi connectivity index (χ4v) is 4.83. The molecule has 1 aliphatic rings. The average Bonchev–Trinajstić information content (AvgIpc) is 3.23. The molecule has 4 rings (SSSR count). The van der Waals surface area contributed by atoms with Gasteiger partial charge in [-0.05, 0) is 48.5 Å². The highest BCUT2D eigenvalue weighted by atomic mass is 79.9. The van der Waals surface area contributed by atoms with E-state index >= 15 is 0 Å². The summed E-state index contributed by atoms with van der Waals surface area (Å²) in [5, 5.41) is 5.96. The summed E-state index contributed by atoms with van der Waals surface area (Å²) in [7, 11) is 0. The maximum atomic E-state index is 12.2. The van der Waals surface area contributed by atoms with Crippen LogP contribution in [0, 0.1) is 0 Å². The number of amides is 2. The molecule has 196 valence electrons. The summed E-state index contributed by atoms with van der Waals surface area (Å²) in [5.41, 5.74) is 1.68. The lowest BCUT2D eigenvalue weighted by atomic mass is 10.1. The largest absolute Gasteiger partial charge is 0.492 e. The minimum atomic E-state index is -0.270. The van der Waals surface area contributed by atoms with Gasteiger partial charge in [-0.2, -0.15) is 0 Å². The Morgan fingerprint density at radius 2 is 1.82 bits per heavy atom. The smallest absolute Gasteiger partial charge is 0.263 e. The van der Waals surface area contributed by atoms with Gasteiger partial charge < -0.3 is 24.8 Å². The molecule has 1 heterocycles. The molecule has 1 saturated heterocycles. The molecule has 11 heteroatoms. The highest BCUT2D eigenvalue weighted by Crippen LogP contribution is 2.32. The summed E-state index contributed by atoms with van der Waals surface area (Å²) in [6, 6.07) is 19.9. The van der Waals surface area contributed by atoms with Gasteiger partial charge in [0.15, 0.2) is 6.61 Å². The van der Waals surface area contributed by atoms with Crippen LogP contribution >= 0.6 is 51.5 Å². The molecule has 3 aromatic rings. The van der Waals surface area contributed by atoms with Gasteiger partial charge >= 0.3 is 0 Å². The maximum absolute atomic E-state index is 12.2. The number of carbonyl (C=O) groups is 2. The van der Waals surface area contributed by atoms with Crippen LogP contribution in [0.25, 0.3) is 6.08 Å².